The van der Waals surface area contributed by atoms with Gasteiger partial charge in [-0.1, -0.05) is 6.92 Å². The summed E-state index contributed by atoms with van der Waals surface area (Å²) in [5.41, 5.74) is 1.51. The molecule has 0 aliphatic heterocycles. The summed E-state index contributed by atoms with van der Waals surface area (Å²) in [7, 11) is 2.05. The highest BCUT2D eigenvalue weighted by Gasteiger charge is 2.09. The SMILES string of the molecule is CCN(C)CCc1c[nH]c2c(F)cc(O)cc12. The monoisotopic (exact) mass is 236 g/mol. The van der Waals surface area contributed by atoms with Crippen LogP contribution in [0.5, 0.6) is 5.75 Å². The molecule has 0 aliphatic carbocycles. The van der Waals surface area contributed by atoms with Gasteiger partial charge in [0.1, 0.15) is 5.75 Å². The van der Waals surface area contributed by atoms with Crippen LogP contribution in [0.25, 0.3) is 10.9 Å². The number of H-pyrrole nitrogens is 1. The number of rotatable bonds is 4. The summed E-state index contributed by atoms with van der Waals surface area (Å²) in [6.45, 7) is 4.00. The maximum atomic E-state index is 13.5. The number of phenolic OH excluding ortho intramolecular Hbond substituents is 1. The molecule has 3 nitrogen and oxygen atoms in total. The molecule has 2 aromatic rings. The largest absolute Gasteiger partial charge is 0.508 e. The van der Waals surface area contributed by atoms with Crippen molar-refractivity contribution in [2.75, 3.05) is 20.1 Å². The van der Waals surface area contributed by atoms with E-state index in [0.29, 0.717) is 5.52 Å². The Labute approximate surface area is 99.9 Å². The first-order valence-electron chi connectivity index (χ1n) is 5.78. The van der Waals surface area contributed by atoms with Crippen molar-refractivity contribution in [1.82, 2.24) is 9.88 Å². The van der Waals surface area contributed by atoms with Gasteiger partial charge in [-0.3, -0.25) is 0 Å². The average Bonchev–Trinajstić information content (AvgIpc) is 2.69. The summed E-state index contributed by atoms with van der Waals surface area (Å²) in [4.78, 5) is 5.11. The fourth-order valence-electron chi connectivity index (χ4n) is 1.91. The number of halogens is 1. The summed E-state index contributed by atoms with van der Waals surface area (Å²) >= 11 is 0. The Kier molecular flexibility index (Phi) is 3.33. The molecule has 0 bridgehead atoms. The van der Waals surface area contributed by atoms with Gasteiger partial charge in [0.25, 0.3) is 0 Å². The van der Waals surface area contributed by atoms with Gasteiger partial charge in [-0.25, -0.2) is 4.39 Å². The van der Waals surface area contributed by atoms with Gasteiger partial charge in [-0.15, -0.1) is 0 Å². The molecule has 0 spiro atoms. The van der Waals surface area contributed by atoms with Crippen LogP contribution < -0.4 is 0 Å². The van der Waals surface area contributed by atoms with Crippen LogP contribution >= 0.6 is 0 Å². The second-order valence-electron chi connectivity index (χ2n) is 4.31. The highest BCUT2D eigenvalue weighted by molar-refractivity contribution is 5.85. The standard InChI is InChI=1S/C13H17FN2O/c1-3-16(2)5-4-9-8-15-13-11(9)6-10(17)7-12(13)14/h6-8,15,17H,3-5H2,1-2H3. The molecule has 0 amide bonds. The third-order valence-corrected chi connectivity index (χ3v) is 3.11. The molecule has 2 N–H and O–H groups in total. The molecule has 0 aliphatic rings. The van der Waals surface area contributed by atoms with Crippen molar-refractivity contribution >= 4 is 10.9 Å². The van der Waals surface area contributed by atoms with E-state index in [1.807, 2.05) is 13.2 Å². The van der Waals surface area contributed by atoms with E-state index in [1.165, 1.54) is 0 Å². The Bertz CT molecular complexity index is 521. The van der Waals surface area contributed by atoms with Crippen molar-refractivity contribution in [1.29, 1.82) is 0 Å². The number of aromatic nitrogens is 1. The molecule has 0 saturated heterocycles. The quantitative estimate of drug-likeness (QED) is 0.856. The van der Waals surface area contributed by atoms with Crippen LogP contribution in [0.1, 0.15) is 12.5 Å². The molecule has 0 atom stereocenters. The van der Waals surface area contributed by atoms with E-state index in [2.05, 4.69) is 16.8 Å². The van der Waals surface area contributed by atoms with Gasteiger partial charge in [-0.2, -0.15) is 0 Å². The number of nitrogens with one attached hydrogen (secondary N) is 1. The molecule has 4 heteroatoms. The predicted molar refractivity (Wildman–Crippen MR) is 66.8 cm³/mol. The Morgan fingerprint density at radius 2 is 2.18 bits per heavy atom. The van der Waals surface area contributed by atoms with E-state index in [1.54, 1.807) is 6.07 Å². The maximum absolute atomic E-state index is 13.5. The van der Waals surface area contributed by atoms with Crippen LogP contribution in [-0.2, 0) is 6.42 Å². The van der Waals surface area contributed by atoms with Crippen LogP contribution in [-0.4, -0.2) is 35.1 Å². The summed E-state index contributed by atoms with van der Waals surface area (Å²) in [6, 6.07) is 2.73. The van der Waals surface area contributed by atoms with E-state index in [0.717, 1.165) is 36.5 Å². The lowest BCUT2D eigenvalue weighted by Crippen LogP contribution is -2.20. The third-order valence-electron chi connectivity index (χ3n) is 3.11. The summed E-state index contributed by atoms with van der Waals surface area (Å²) in [5, 5.41) is 10.2. The number of benzene rings is 1. The molecule has 1 aromatic carbocycles. The third kappa shape index (κ3) is 2.42. The number of hydrogen-bond donors (Lipinski definition) is 2. The Morgan fingerprint density at radius 3 is 2.88 bits per heavy atom. The minimum atomic E-state index is -0.407. The number of phenols is 1. The summed E-state index contributed by atoms with van der Waals surface area (Å²) in [6.07, 6.45) is 2.66. The van der Waals surface area contributed by atoms with Gasteiger partial charge >= 0.3 is 0 Å². The van der Waals surface area contributed by atoms with E-state index in [9.17, 15) is 9.50 Å². The van der Waals surface area contributed by atoms with Gasteiger partial charge in [0.05, 0.1) is 5.52 Å². The maximum Gasteiger partial charge on any atom is 0.150 e. The molecule has 0 radical (unpaired) electrons. The number of nitrogens with zero attached hydrogens (tertiary/aromatic N) is 1. The van der Waals surface area contributed by atoms with Crippen molar-refractivity contribution in [2.24, 2.45) is 0 Å². The normalized spacial score (nSPS) is 11.5. The first-order chi connectivity index (χ1) is 8.11. The summed E-state index contributed by atoms with van der Waals surface area (Å²) < 4.78 is 13.5. The topological polar surface area (TPSA) is 39.3 Å². The van der Waals surface area contributed by atoms with E-state index in [-0.39, 0.29) is 5.75 Å². The van der Waals surface area contributed by atoms with E-state index < -0.39 is 5.82 Å². The Morgan fingerprint density at radius 1 is 1.41 bits per heavy atom. The van der Waals surface area contributed by atoms with Gasteiger partial charge in [0.2, 0.25) is 0 Å². The van der Waals surface area contributed by atoms with Crippen LogP contribution in [0.2, 0.25) is 0 Å². The molecule has 1 heterocycles. The van der Waals surface area contributed by atoms with Gasteiger partial charge in [0.15, 0.2) is 5.82 Å². The smallest absolute Gasteiger partial charge is 0.150 e. The van der Waals surface area contributed by atoms with Gasteiger partial charge in [-0.05, 0) is 31.6 Å². The highest BCUT2D eigenvalue weighted by atomic mass is 19.1. The molecule has 0 saturated carbocycles. The van der Waals surface area contributed by atoms with Crippen LogP contribution in [0.15, 0.2) is 18.3 Å². The number of likely N-dealkylation sites (N-methyl/N-ethyl adjacent to an activating group) is 1. The first kappa shape index (κ1) is 11.9. The lowest BCUT2D eigenvalue weighted by atomic mass is 10.1. The number of aromatic hydroxyl groups is 1. The van der Waals surface area contributed by atoms with Crippen LogP contribution in [0.4, 0.5) is 4.39 Å². The summed E-state index contributed by atoms with van der Waals surface area (Å²) in [5.74, 6) is -0.435. The zero-order chi connectivity index (χ0) is 12.4. The molecule has 1 aromatic heterocycles. The number of fused-ring (bicyclic) bond motifs is 1. The van der Waals surface area contributed by atoms with Crippen molar-refractivity contribution in [3.8, 4) is 5.75 Å². The first-order valence-corrected chi connectivity index (χ1v) is 5.78. The zero-order valence-corrected chi connectivity index (χ0v) is 10.1. The van der Waals surface area contributed by atoms with E-state index in [4.69, 9.17) is 0 Å². The highest BCUT2D eigenvalue weighted by Crippen LogP contribution is 2.26. The van der Waals surface area contributed by atoms with Crippen molar-refractivity contribution < 1.29 is 9.50 Å². The van der Waals surface area contributed by atoms with Crippen molar-refractivity contribution in [3.05, 3.63) is 29.7 Å². The molecule has 0 fully saturated rings. The lowest BCUT2D eigenvalue weighted by molar-refractivity contribution is 0.358. The second-order valence-corrected chi connectivity index (χ2v) is 4.31. The van der Waals surface area contributed by atoms with E-state index >= 15 is 0 Å². The predicted octanol–water partition coefficient (Wildman–Crippen LogP) is 2.51. The van der Waals surface area contributed by atoms with Gasteiger partial charge < -0.3 is 15.0 Å². The molecule has 0 unspecified atom stereocenters. The lowest BCUT2D eigenvalue weighted by Gasteiger charge is -2.12. The van der Waals surface area contributed by atoms with Crippen molar-refractivity contribution in [3.63, 3.8) is 0 Å². The Balaban J connectivity index is 2.29. The zero-order valence-electron chi connectivity index (χ0n) is 10.1. The van der Waals surface area contributed by atoms with Crippen LogP contribution in [0.3, 0.4) is 0 Å². The fraction of sp³-hybridized carbons (Fsp3) is 0.385. The number of hydrogen-bond acceptors (Lipinski definition) is 2. The van der Waals surface area contributed by atoms with Crippen molar-refractivity contribution in [2.45, 2.75) is 13.3 Å². The minimum absolute atomic E-state index is 0.0281. The number of aromatic amines is 1. The minimum Gasteiger partial charge on any atom is -0.508 e. The molecule has 2 rings (SSSR count). The second kappa shape index (κ2) is 4.75. The van der Waals surface area contributed by atoms with Crippen LogP contribution in [0, 0.1) is 5.82 Å². The molecular formula is C13H17FN2O. The molecular weight excluding hydrogens is 219 g/mol. The van der Waals surface area contributed by atoms with Gasteiger partial charge in [0, 0.05) is 24.2 Å². The average molecular weight is 236 g/mol. The Hall–Kier alpha value is -1.55. The molecule has 17 heavy (non-hydrogen) atoms. The molecule has 92 valence electrons. The fourth-order valence-corrected chi connectivity index (χ4v) is 1.91.